The molecule has 0 radical (unpaired) electrons. The van der Waals surface area contributed by atoms with Crippen LogP contribution in [0.5, 0.6) is 0 Å². The van der Waals surface area contributed by atoms with Crippen LogP contribution in [0, 0.1) is 13.8 Å². The Morgan fingerprint density at radius 1 is 0.944 bits per heavy atom. The van der Waals surface area contributed by atoms with E-state index in [4.69, 9.17) is 11.5 Å². The molecule has 0 amide bonds. The molecule has 2 rings (SSSR count). The van der Waals surface area contributed by atoms with Crippen LogP contribution in [-0.4, -0.2) is 5.78 Å². The molecule has 4 N–H and O–H groups in total. The third-order valence-corrected chi connectivity index (χ3v) is 2.96. The van der Waals surface area contributed by atoms with Crippen molar-refractivity contribution in [3.05, 3.63) is 58.7 Å². The van der Waals surface area contributed by atoms with E-state index in [9.17, 15) is 4.79 Å². The highest BCUT2D eigenvalue weighted by atomic mass is 16.1. The van der Waals surface area contributed by atoms with E-state index in [-0.39, 0.29) is 5.78 Å². The first-order chi connectivity index (χ1) is 8.49. The van der Waals surface area contributed by atoms with Gasteiger partial charge in [0.25, 0.3) is 0 Å². The van der Waals surface area contributed by atoms with Crippen molar-refractivity contribution in [2.45, 2.75) is 13.8 Å². The van der Waals surface area contributed by atoms with Gasteiger partial charge < -0.3 is 11.5 Å². The van der Waals surface area contributed by atoms with E-state index in [1.165, 1.54) is 0 Å². The van der Waals surface area contributed by atoms with Crippen molar-refractivity contribution in [2.75, 3.05) is 11.5 Å². The molecule has 3 nitrogen and oxygen atoms in total. The molecule has 2 aromatic carbocycles. The lowest BCUT2D eigenvalue weighted by molar-refractivity contribution is 0.103. The van der Waals surface area contributed by atoms with Crippen LogP contribution in [0.3, 0.4) is 0 Å². The van der Waals surface area contributed by atoms with Gasteiger partial charge in [-0.25, -0.2) is 0 Å². The van der Waals surface area contributed by atoms with Gasteiger partial charge in [-0.2, -0.15) is 0 Å². The smallest absolute Gasteiger partial charge is 0.195 e. The van der Waals surface area contributed by atoms with Crippen LogP contribution in [0.1, 0.15) is 27.0 Å². The molecule has 0 unspecified atom stereocenters. The summed E-state index contributed by atoms with van der Waals surface area (Å²) in [6.07, 6.45) is 0. The monoisotopic (exact) mass is 240 g/mol. The molecular formula is C15H16N2O. The van der Waals surface area contributed by atoms with Crippen LogP contribution >= 0.6 is 0 Å². The third-order valence-electron chi connectivity index (χ3n) is 2.96. The summed E-state index contributed by atoms with van der Waals surface area (Å²) in [4.78, 5) is 12.4. The number of hydrogen-bond donors (Lipinski definition) is 2. The van der Waals surface area contributed by atoms with Gasteiger partial charge in [0, 0.05) is 22.5 Å². The van der Waals surface area contributed by atoms with Crippen molar-refractivity contribution in [1.82, 2.24) is 0 Å². The molecule has 0 saturated carbocycles. The first-order valence-corrected chi connectivity index (χ1v) is 5.76. The Morgan fingerprint density at radius 2 is 1.67 bits per heavy atom. The molecule has 0 fully saturated rings. The maximum absolute atomic E-state index is 12.4. The molecule has 0 bridgehead atoms. The first-order valence-electron chi connectivity index (χ1n) is 5.76. The highest BCUT2D eigenvalue weighted by Crippen LogP contribution is 2.21. The highest BCUT2D eigenvalue weighted by Gasteiger charge is 2.14. The summed E-state index contributed by atoms with van der Waals surface area (Å²) in [7, 11) is 0. The Labute approximate surface area is 106 Å². The molecular weight excluding hydrogens is 224 g/mol. The van der Waals surface area contributed by atoms with Crippen LogP contribution in [0.4, 0.5) is 11.4 Å². The summed E-state index contributed by atoms with van der Waals surface area (Å²) in [5.74, 6) is -0.0614. The van der Waals surface area contributed by atoms with E-state index >= 15 is 0 Å². The van der Waals surface area contributed by atoms with Crippen LogP contribution in [0.15, 0.2) is 36.4 Å². The van der Waals surface area contributed by atoms with Gasteiger partial charge in [0.15, 0.2) is 5.78 Å². The van der Waals surface area contributed by atoms with E-state index < -0.39 is 0 Å². The molecule has 92 valence electrons. The molecule has 0 atom stereocenters. The molecule has 18 heavy (non-hydrogen) atoms. The minimum absolute atomic E-state index is 0.0614. The second-order valence-corrected chi connectivity index (χ2v) is 4.49. The lowest BCUT2D eigenvalue weighted by Gasteiger charge is -2.09. The summed E-state index contributed by atoms with van der Waals surface area (Å²) in [6, 6.07) is 10.8. The zero-order chi connectivity index (χ0) is 13.3. The molecule has 2 aromatic rings. The molecule has 0 aromatic heterocycles. The van der Waals surface area contributed by atoms with Gasteiger partial charge >= 0.3 is 0 Å². The lowest BCUT2D eigenvalue weighted by atomic mass is 9.96. The van der Waals surface area contributed by atoms with Gasteiger partial charge in [-0.3, -0.25) is 4.79 Å². The summed E-state index contributed by atoms with van der Waals surface area (Å²) in [6.45, 7) is 3.88. The predicted octanol–water partition coefficient (Wildman–Crippen LogP) is 2.70. The summed E-state index contributed by atoms with van der Waals surface area (Å²) >= 11 is 0. The zero-order valence-corrected chi connectivity index (χ0v) is 10.5. The van der Waals surface area contributed by atoms with Gasteiger partial charge in [0.1, 0.15) is 0 Å². The quantitative estimate of drug-likeness (QED) is 0.626. The number of carbonyl (C=O) groups is 1. The van der Waals surface area contributed by atoms with Gasteiger partial charge in [0.2, 0.25) is 0 Å². The average molecular weight is 240 g/mol. The molecule has 0 aliphatic carbocycles. The van der Waals surface area contributed by atoms with Crippen LogP contribution in [0.25, 0.3) is 0 Å². The zero-order valence-electron chi connectivity index (χ0n) is 10.5. The van der Waals surface area contributed by atoms with Crippen LogP contribution in [0.2, 0.25) is 0 Å². The predicted molar refractivity (Wildman–Crippen MR) is 74.6 cm³/mol. The van der Waals surface area contributed by atoms with Crippen molar-refractivity contribution in [3.8, 4) is 0 Å². The molecule has 3 heteroatoms. The number of rotatable bonds is 2. The molecule has 0 spiro atoms. The Bertz CT molecular complexity index is 618. The van der Waals surface area contributed by atoms with Crippen molar-refractivity contribution in [1.29, 1.82) is 0 Å². The molecule has 0 saturated heterocycles. The number of carbonyl (C=O) groups excluding carboxylic acids is 1. The fourth-order valence-corrected chi connectivity index (χ4v) is 1.91. The van der Waals surface area contributed by atoms with Crippen molar-refractivity contribution in [2.24, 2.45) is 0 Å². The Balaban J connectivity index is 2.51. The number of hydrogen-bond acceptors (Lipinski definition) is 3. The van der Waals surface area contributed by atoms with E-state index in [1.54, 1.807) is 18.2 Å². The summed E-state index contributed by atoms with van der Waals surface area (Å²) < 4.78 is 0. The number of nitrogens with two attached hydrogens (primary N) is 2. The van der Waals surface area contributed by atoms with E-state index in [0.717, 1.165) is 11.1 Å². The second kappa shape index (κ2) is 4.53. The summed E-state index contributed by atoms with van der Waals surface area (Å²) in [5, 5.41) is 0. The Kier molecular flexibility index (Phi) is 3.06. The average Bonchev–Trinajstić information content (AvgIpc) is 2.31. The van der Waals surface area contributed by atoms with Gasteiger partial charge in [0.05, 0.1) is 0 Å². The standard InChI is InChI=1S/C15H16N2O/c1-9-3-4-10(2)13(7-9)15(18)12-6-5-11(16)8-14(12)17/h3-8H,16-17H2,1-2H3. The largest absolute Gasteiger partial charge is 0.399 e. The van der Waals surface area contributed by atoms with Crippen molar-refractivity contribution in [3.63, 3.8) is 0 Å². The van der Waals surface area contributed by atoms with E-state index in [2.05, 4.69) is 0 Å². The third kappa shape index (κ3) is 2.20. The van der Waals surface area contributed by atoms with Gasteiger partial charge in [-0.05, 0) is 43.7 Å². The van der Waals surface area contributed by atoms with Gasteiger partial charge in [-0.1, -0.05) is 17.7 Å². The molecule has 0 aliphatic rings. The maximum atomic E-state index is 12.4. The second-order valence-electron chi connectivity index (χ2n) is 4.49. The number of anilines is 2. The Hall–Kier alpha value is -2.29. The first kappa shape index (κ1) is 12.2. The number of ketones is 1. The highest BCUT2D eigenvalue weighted by molar-refractivity contribution is 6.13. The van der Waals surface area contributed by atoms with Crippen LogP contribution < -0.4 is 11.5 Å². The minimum Gasteiger partial charge on any atom is -0.399 e. The summed E-state index contributed by atoms with van der Waals surface area (Å²) in [5.41, 5.74) is 15.6. The topological polar surface area (TPSA) is 69.1 Å². The van der Waals surface area contributed by atoms with Crippen molar-refractivity contribution >= 4 is 17.2 Å². The SMILES string of the molecule is Cc1ccc(C)c(C(=O)c2ccc(N)cc2N)c1. The number of benzene rings is 2. The molecule has 0 aliphatic heterocycles. The number of aryl methyl sites for hydroxylation is 2. The fourth-order valence-electron chi connectivity index (χ4n) is 1.91. The van der Waals surface area contributed by atoms with E-state index in [0.29, 0.717) is 22.5 Å². The van der Waals surface area contributed by atoms with Crippen molar-refractivity contribution < 1.29 is 4.79 Å². The normalized spacial score (nSPS) is 10.3. The van der Waals surface area contributed by atoms with Gasteiger partial charge in [-0.15, -0.1) is 0 Å². The fraction of sp³-hybridized carbons (Fsp3) is 0.133. The number of nitrogen functional groups attached to an aromatic ring is 2. The maximum Gasteiger partial charge on any atom is 0.195 e. The van der Waals surface area contributed by atoms with Crippen LogP contribution in [-0.2, 0) is 0 Å². The lowest BCUT2D eigenvalue weighted by Crippen LogP contribution is -2.08. The minimum atomic E-state index is -0.0614. The Morgan fingerprint density at radius 3 is 2.33 bits per heavy atom. The van der Waals surface area contributed by atoms with E-state index in [1.807, 2.05) is 32.0 Å². The molecule has 0 heterocycles.